The molecule has 0 radical (unpaired) electrons. The van der Waals surface area contributed by atoms with Crippen molar-refractivity contribution in [3.05, 3.63) is 59.7 Å². The van der Waals surface area contributed by atoms with Crippen molar-refractivity contribution in [3.63, 3.8) is 0 Å². The molecule has 1 unspecified atom stereocenters. The molecule has 1 aliphatic heterocycles. The summed E-state index contributed by atoms with van der Waals surface area (Å²) in [6.45, 7) is 0. The van der Waals surface area contributed by atoms with E-state index in [1.807, 2.05) is 30.3 Å². The topological polar surface area (TPSA) is 44.8 Å². The normalized spacial score (nSPS) is 20.5. The summed E-state index contributed by atoms with van der Waals surface area (Å²) in [7, 11) is -2.13. The highest BCUT2D eigenvalue weighted by Crippen LogP contribution is 2.58. The summed E-state index contributed by atoms with van der Waals surface area (Å²) in [6, 6.07) is 15.6. The Hall–Kier alpha value is -1.77. The fourth-order valence-electron chi connectivity index (χ4n) is 1.97. The summed E-state index contributed by atoms with van der Waals surface area (Å²) in [5.74, 6) is 0.931. The molecular formula is C14H13O4P. The third kappa shape index (κ3) is 2.50. The standard InChI is InChI=1S/C14H13O4P/c1-16-19(15)17-13-8-7-12(10-14(13)18-19)9-11-5-3-2-4-6-11/h2-8,10H,9H2,1H3. The smallest absolute Gasteiger partial charge is 0.391 e. The van der Waals surface area contributed by atoms with Gasteiger partial charge in [0, 0.05) is 7.11 Å². The summed E-state index contributed by atoms with van der Waals surface area (Å²) in [6.07, 6.45) is 0.786. The molecule has 0 amide bonds. The molecule has 0 aliphatic carbocycles. The first kappa shape index (κ1) is 12.3. The van der Waals surface area contributed by atoms with Gasteiger partial charge >= 0.3 is 7.82 Å². The van der Waals surface area contributed by atoms with Crippen LogP contribution in [-0.4, -0.2) is 7.11 Å². The van der Waals surface area contributed by atoms with Gasteiger partial charge in [-0.2, -0.15) is 0 Å². The van der Waals surface area contributed by atoms with Gasteiger partial charge < -0.3 is 9.05 Å². The molecule has 19 heavy (non-hydrogen) atoms. The molecule has 3 rings (SSSR count). The van der Waals surface area contributed by atoms with E-state index in [-0.39, 0.29) is 0 Å². The minimum absolute atomic E-state index is 0.460. The summed E-state index contributed by atoms with van der Waals surface area (Å²) < 4.78 is 27.0. The Labute approximate surface area is 111 Å². The maximum Gasteiger partial charge on any atom is 0.587 e. The fourth-order valence-corrected chi connectivity index (χ4v) is 2.94. The van der Waals surface area contributed by atoms with Gasteiger partial charge in [0.25, 0.3) is 0 Å². The number of phosphoric acid groups is 1. The van der Waals surface area contributed by atoms with Crippen LogP contribution in [0.2, 0.25) is 0 Å². The molecule has 1 heterocycles. The molecule has 0 saturated heterocycles. The van der Waals surface area contributed by atoms with Crippen LogP contribution in [0.5, 0.6) is 11.5 Å². The summed E-state index contributed by atoms with van der Waals surface area (Å²) in [4.78, 5) is 0. The third-order valence-electron chi connectivity index (χ3n) is 2.90. The first-order valence-corrected chi connectivity index (χ1v) is 7.36. The summed E-state index contributed by atoms with van der Waals surface area (Å²) in [5.41, 5.74) is 2.27. The van der Waals surface area contributed by atoms with E-state index < -0.39 is 7.82 Å². The molecule has 0 saturated carbocycles. The zero-order valence-electron chi connectivity index (χ0n) is 10.4. The quantitative estimate of drug-likeness (QED) is 0.800. The minimum atomic E-state index is -3.44. The van der Waals surface area contributed by atoms with Crippen LogP contribution in [-0.2, 0) is 15.5 Å². The van der Waals surface area contributed by atoms with Crippen molar-refractivity contribution in [2.45, 2.75) is 6.42 Å². The Balaban J connectivity index is 1.85. The first-order valence-electron chi connectivity index (χ1n) is 5.90. The molecular weight excluding hydrogens is 263 g/mol. The van der Waals surface area contributed by atoms with Gasteiger partial charge in [-0.15, -0.1) is 0 Å². The lowest BCUT2D eigenvalue weighted by Crippen LogP contribution is -1.92. The van der Waals surface area contributed by atoms with Gasteiger partial charge in [-0.3, -0.25) is 4.52 Å². The molecule has 2 aromatic rings. The van der Waals surface area contributed by atoms with Crippen LogP contribution in [0.3, 0.4) is 0 Å². The van der Waals surface area contributed by atoms with Crippen LogP contribution in [0.15, 0.2) is 48.5 Å². The predicted molar refractivity (Wildman–Crippen MR) is 71.6 cm³/mol. The molecule has 0 N–H and O–H groups in total. The molecule has 1 atom stereocenters. The lowest BCUT2D eigenvalue weighted by atomic mass is 10.0. The minimum Gasteiger partial charge on any atom is -0.391 e. The van der Waals surface area contributed by atoms with E-state index in [4.69, 9.17) is 13.6 Å². The Kier molecular flexibility index (Phi) is 3.05. The van der Waals surface area contributed by atoms with Crippen molar-refractivity contribution in [1.29, 1.82) is 0 Å². The van der Waals surface area contributed by atoms with E-state index in [0.717, 1.165) is 12.0 Å². The third-order valence-corrected chi connectivity index (χ3v) is 4.19. The summed E-state index contributed by atoms with van der Waals surface area (Å²) >= 11 is 0. The van der Waals surface area contributed by atoms with Crippen molar-refractivity contribution in [3.8, 4) is 11.5 Å². The van der Waals surface area contributed by atoms with Crippen LogP contribution in [0.25, 0.3) is 0 Å². The number of fused-ring (bicyclic) bond motifs is 1. The molecule has 98 valence electrons. The zero-order valence-corrected chi connectivity index (χ0v) is 11.3. The molecule has 0 spiro atoms. The Morgan fingerprint density at radius 1 is 1.00 bits per heavy atom. The number of phosphoric ester groups is 1. The molecule has 0 bridgehead atoms. The second kappa shape index (κ2) is 4.72. The molecule has 5 heteroatoms. The van der Waals surface area contributed by atoms with Crippen LogP contribution in [0.4, 0.5) is 0 Å². The van der Waals surface area contributed by atoms with Gasteiger partial charge in [0.2, 0.25) is 0 Å². The van der Waals surface area contributed by atoms with Crippen LogP contribution in [0.1, 0.15) is 11.1 Å². The van der Waals surface area contributed by atoms with Crippen molar-refractivity contribution in [2.24, 2.45) is 0 Å². The van der Waals surface area contributed by atoms with Gasteiger partial charge in [0.05, 0.1) is 0 Å². The van der Waals surface area contributed by atoms with Crippen molar-refractivity contribution < 1.29 is 18.1 Å². The highest BCUT2D eigenvalue weighted by atomic mass is 31.2. The largest absolute Gasteiger partial charge is 0.587 e. The number of benzene rings is 2. The average Bonchev–Trinajstić information content (AvgIpc) is 2.76. The average molecular weight is 276 g/mol. The molecule has 1 aliphatic rings. The van der Waals surface area contributed by atoms with Gasteiger partial charge in [-0.25, -0.2) is 4.57 Å². The van der Waals surface area contributed by atoms with Gasteiger partial charge in [0.1, 0.15) is 0 Å². The lowest BCUT2D eigenvalue weighted by Gasteiger charge is -2.04. The Morgan fingerprint density at radius 3 is 2.47 bits per heavy atom. The zero-order chi connectivity index (χ0) is 13.3. The van der Waals surface area contributed by atoms with Gasteiger partial charge in [0.15, 0.2) is 11.5 Å². The number of hydrogen-bond donors (Lipinski definition) is 0. The van der Waals surface area contributed by atoms with Crippen molar-refractivity contribution in [1.82, 2.24) is 0 Å². The number of rotatable bonds is 3. The van der Waals surface area contributed by atoms with Crippen molar-refractivity contribution in [2.75, 3.05) is 7.11 Å². The fraction of sp³-hybridized carbons (Fsp3) is 0.143. The second-order valence-corrected chi connectivity index (χ2v) is 5.88. The van der Waals surface area contributed by atoms with E-state index in [9.17, 15) is 4.57 Å². The highest BCUT2D eigenvalue weighted by molar-refractivity contribution is 7.49. The Bertz CT molecular complexity index is 639. The van der Waals surface area contributed by atoms with Gasteiger partial charge in [-0.05, 0) is 29.7 Å². The van der Waals surface area contributed by atoms with E-state index in [1.54, 1.807) is 6.07 Å². The maximum absolute atomic E-state index is 11.8. The molecule has 2 aromatic carbocycles. The van der Waals surface area contributed by atoms with Gasteiger partial charge in [-0.1, -0.05) is 36.4 Å². The first-order chi connectivity index (χ1) is 9.18. The van der Waals surface area contributed by atoms with Crippen LogP contribution >= 0.6 is 7.82 Å². The van der Waals surface area contributed by atoms with E-state index in [1.165, 1.54) is 12.7 Å². The Morgan fingerprint density at radius 2 is 1.74 bits per heavy atom. The SMILES string of the molecule is COP1(=O)Oc2ccc(Cc3ccccc3)cc2O1. The monoisotopic (exact) mass is 276 g/mol. The predicted octanol–water partition coefficient (Wildman–Crippen LogP) is 3.80. The number of hydrogen-bond acceptors (Lipinski definition) is 4. The van der Waals surface area contributed by atoms with Crippen LogP contribution in [0, 0.1) is 0 Å². The van der Waals surface area contributed by atoms with E-state index >= 15 is 0 Å². The summed E-state index contributed by atoms with van der Waals surface area (Å²) in [5, 5.41) is 0. The van der Waals surface area contributed by atoms with E-state index in [0.29, 0.717) is 11.5 Å². The molecule has 0 fully saturated rings. The highest BCUT2D eigenvalue weighted by Gasteiger charge is 2.37. The van der Waals surface area contributed by atoms with E-state index in [2.05, 4.69) is 12.1 Å². The van der Waals surface area contributed by atoms with Crippen molar-refractivity contribution >= 4 is 7.82 Å². The maximum atomic E-state index is 11.8. The molecule has 4 nitrogen and oxygen atoms in total. The van der Waals surface area contributed by atoms with Crippen LogP contribution < -0.4 is 9.05 Å². The second-order valence-electron chi connectivity index (χ2n) is 4.26. The molecule has 0 aromatic heterocycles. The lowest BCUT2D eigenvalue weighted by molar-refractivity contribution is 0.275.